The maximum absolute atomic E-state index is 4.58. The fourth-order valence-electron chi connectivity index (χ4n) is 1.69. The fourth-order valence-corrected chi connectivity index (χ4v) is 1.69. The lowest BCUT2D eigenvalue weighted by Gasteiger charge is -2.03. The first-order valence-corrected chi connectivity index (χ1v) is 4.93. The van der Waals surface area contributed by atoms with Crippen molar-refractivity contribution in [2.24, 2.45) is 0 Å². The minimum atomic E-state index is 0.957. The van der Waals surface area contributed by atoms with Crippen molar-refractivity contribution in [3.63, 3.8) is 0 Å². The summed E-state index contributed by atoms with van der Waals surface area (Å²) in [5, 5.41) is 1.17. The van der Waals surface area contributed by atoms with E-state index >= 15 is 0 Å². The average molecular weight is 194 g/mol. The Bertz CT molecular complexity index is 582. The van der Waals surface area contributed by atoms with Gasteiger partial charge in [-0.25, -0.2) is 4.98 Å². The standard InChI is InChI=1S/C13H10N2/c1-2-6-12-11(5-1)7-8-13(14-12)15-9-3-4-10-15/h1-10H. The molecule has 2 nitrogen and oxygen atoms in total. The number of hydrogen-bond acceptors (Lipinski definition) is 1. The molecule has 0 bridgehead atoms. The van der Waals surface area contributed by atoms with E-state index in [2.05, 4.69) is 17.1 Å². The molecule has 0 unspecified atom stereocenters. The topological polar surface area (TPSA) is 17.8 Å². The van der Waals surface area contributed by atoms with Crippen molar-refractivity contribution in [1.29, 1.82) is 0 Å². The normalized spacial score (nSPS) is 10.7. The molecule has 0 spiro atoms. The summed E-state index contributed by atoms with van der Waals surface area (Å²) < 4.78 is 2.01. The minimum absolute atomic E-state index is 0.957. The zero-order valence-electron chi connectivity index (χ0n) is 8.17. The van der Waals surface area contributed by atoms with Gasteiger partial charge in [-0.1, -0.05) is 18.2 Å². The number of para-hydroxylation sites is 1. The van der Waals surface area contributed by atoms with E-state index in [0.717, 1.165) is 11.3 Å². The van der Waals surface area contributed by atoms with Crippen LogP contribution in [-0.4, -0.2) is 9.55 Å². The molecule has 0 fully saturated rings. The first-order chi connectivity index (χ1) is 7.43. The van der Waals surface area contributed by atoms with Gasteiger partial charge in [0, 0.05) is 17.8 Å². The molecular weight excluding hydrogens is 184 g/mol. The predicted octanol–water partition coefficient (Wildman–Crippen LogP) is 3.03. The van der Waals surface area contributed by atoms with Crippen molar-refractivity contribution in [2.75, 3.05) is 0 Å². The van der Waals surface area contributed by atoms with Crippen molar-refractivity contribution in [3.8, 4) is 5.82 Å². The molecule has 15 heavy (non-hydrogen) atoms. The summed E-state index contributed by atoms with van der Waals surface area (Å²) in [6.07, 6.45) is 3.99. The predicted molar refractivity (Wildman–Crippen MR) is 61.1 cm³/mol. The molecule has 3 rings (SSSR count). The van der Waals surface area contributed by atoms with Crippen LogP contribution in [0.4, 0.5) is 0 Å². The summed E-state index contributed by atoms with van der Waals surface area (Å²) >= 11 is 0. The van der Waals surface area contributed by atoms with Crippen LogP contribution < -0.4 is 0 Å². The highest BCUT2D eigenvalue weighted by atomic mass is 15.0. The number of hydrogen-bond donors (Lipinski definition) is 0. The molecule has 0 N–H and O–H groups in total. The zero-order valence-corrected chi connectivity index (χ0v) is 8.17. The SMILES string of the molecule is c1ccc2nc(-n3cccc3)ccc2c1. The lowest BCUT2D eigenvalue weighted by atomic mass is 10.2. The Labute approximate surface area is 87.8 Å². The molecule has 3 aromatic rings. The lowest BCUT2D eigenvalue weighted by molar-refractivity contribution is 1.02. The molecule has 2 heterocycles. The van der Waals surface area contributed by atoms with Crippen LogP contribution in [0.3, 0.4) is 0 Å². The molecule has 0 atom stereocenters. The largest absolute Gasteiger partial charge is 0.309 e. The molecule has 2 aromatic heterocycles. The highest BCUT2D eigenvalue weighted by Crippen LogP contribution is 2.14. The summed E-state index contributed by atoms with van der Waals surface area (Å²) in [5.74, 6) is 0.957. The number of pyridine rings is 1. The first kappa shape index (κ1) is 8.24. The van der Waals surface area contributed by atoms with Gasteiger partial charge in [0.2, 0.25) is 0 Å². The summed E-state index contributed by atoms with van der Waals surface area (Å²) in [5.41, 5.74) is 1.03. The third kappa shape index (κ3) is 1.40. The van der Waals surface area contributed by atoms with Gasteiger partial charge in [0.05, 0.1) is 5.52 Å². The molecule has 72 valence electrons. The Morgan fingerprint density at radius 2 is 1.60 bits per heavy atom. The summed E-state index contributed by atoms with van der Waals surface area (Å²) in [6.45, 7) is 0. The summed E-state index contributed by atoms with van der Waals surface area (Å²) in [4.78, 5) is 4.58. The van der Waals surface area contributed by atoms with Crippen molar-refractivity contribution in [2.45, 2.75) is 0 Å². The van der Waals surface area contributed by atoms with Crippen molar-refractivity contribution < 1.29 is 0 Å². The number of benzene rings is 1. The van der Waals surface area contributed by atoms with Crippen LogP contribution in [0.2, 0.25) is 0 Å². The number of fused-ring (bicyclic) bond motifs is 1. The van der Waals surface area contributed by atoms with Crippen LogP contribution >= 0.6 is 0 Å². The summed E-state index contributed by atoms with van der Waals surface area (Å²) in [7, 11) is 0. The van der Waals surface area contributed by atoms with Crippen molar-refractivity contribution in [1.82, 2.24) is 9.55 Å². The molecular formula is C13H10N2. The Hall–Kier alpha value is -2.09. The second-order valence-corrected chi connectivity index (χ2v) is 3.45. The molecule has 0 radical (unpaired) electrons. The highest BCUT2D eigenvalue weighted by molar-refractivity contribution is 5.79. The second-order valence-electron chi connectivity index (χ2n) is 3.45. The van der Waals surface area contributed by atoms with Crippen LogP contribution in [0.5, 0.6) is 0 Å². The van der Waals surface area contributed by atoms with Gasteiger partial charge in [-0.05, 0) is 30.3 Å². The van der Waals surface area contributed by atoms with Crippen LogP contribution in [0.15, 0.2) is 60.9 Å². The van der Waals surface area contributed by atoms with Gasteiger partial charge in [0.25, 0.3) is 0 Å². The van der Waals surface area contributed by atoms with Crippen LogP contribution in [0.25, 0.3) is 16.7 Å². The number of nitrogens with zero attached hydrogens (tertiary/aromatic N) is 2. The van der Waals surface area contributed by atoms with Gasteiger partial charge in [0.15, 0.2) is 0 Å². The molecule has 2 heteroatoms. The average Bonchev–Trinajstić information content (AvgIpc) is 2.82. The first-order valence-electron chi connectivity index (χ1n) is 4.93. The van der Waals surface area contributed by atoms with Crippen LogP contribution in [0.1, 0.15) is 0 Å². The second kappa shape index (κ2) is 3.24. The fraction of sp³-hybridized carbons (Fsp3) is 0. The smallest absolute Gasteiger partial charge is 0.137 e. The number of aromatic nitrogens is 2. The molecule has 1 aromatic carbocycles. The summed E-state index contributed by atoms with van der Waals surface area (Å²) in [6, 6.07) is 16.3. The third-order valence-electron chi connectivity index (χ3n) is 2.45. The van der Waals surface area contributed by atoms with Gasteiger partial charge in [-0.2, -0.15) is 0 Å². The van der Waals surface area contributed by atoms with Gasteiger partial charge in [-0.15, -0.1) is 0 Å². The van der Waals surface area contributed by atoms with Gasteiger partial charge in [-0.3, -0.25) is 0 Å². The van der Waals surface area contributed by atoms with Gasteiger partial charge in [0.1, 0.15) is 5.82 Å². The van der Waals surface area contributed by atoms with Gasteiger partial charge >= 0.3 is 0 Å². The van der Waals surface area contributed by atoms with E-state index in [4.69, 9.17) is 0 Å². The lowest BCUT2D eigenvalue weighted by Crippen LogP contribution is -1.93. The minimum Gasteiger partial charge on any atom is -0.309 e. The highest BCUT2D eigenvalue weighted by Gasteiger charge is 1.97. The van der Waals surface area contributed by atoms with E-state index in [1.54, 1.807) is 0 Å². The Balaban J connectivity index is 2.22. The Morgan fingerprint density at radius 1 is 0.800 bits per heavy atom. The number of rotatable bonds is 1. The molecule has 0 aliphatic heterocycles. The third-order valence-corrected chi connectivity index (χ3v) is 2.45. The molecule has 0 aliphatic rings. The molecule has 0 amide bonds. The van der Waals surface area contributed by atoms with Crippen LogP contribution in [0, 0.1) is 0 Å². The van der Waals surface area contributed by atoms with E-state index < -0.39 is 0 Å². The quantitative estimate of drug-likeness (QED) is 0.582. The zero-order chi connectivity index (χ0) is 10.1. The monoisotopic (exact) mass is 194 g/mol. The maximum Gasteiger partial charge on any atom is 0.137 e. The Morgan fingerprint density at radius 3 is 2.47 bits per heavy atom. The van der Waals surface area contributed by atoms with E-state index in [1.807, 2.05) is 53.4 Å². The van der Waals surface area contributed by atoms with Crippen LogP contribution in [-0.2, 0) is 0 Å². The maximum atomic E-state index is 4.58. The van der Waals surface area contributed by atoms with E-state index in [9.17, 15) is 0 Å². The van der Waals surface area contributed by atoms with E-state index in [0.29, 0.717) is 0 Å². The molecule has 0 saturated carbocycles. The van der Waals surface area contributed by atoms with Gasteiger partial charge < -0.3 is 4.57 Å². The molecule has 0 saturated heterocycles. The van der Waals surface area contributed by atoms with Crippen molar-refractivity contribution >= 4 is 10.9 Å². The van der Waals surface area contributed by atoms with E-state index in [-0.39, 0.29) is 0 Å². The molecule has 0 aliphatic carbocycles. The van der Waals surface area contributed by atoms with E-state index in [1.165, 1.54) is 5.39 Å². The Kier molecular flexibility index (Phi) is 1.78. The van der Waals surface area contributed by atoms with Crippen molar-refractivity contribution in [3.05, 3.63) is 60.9 Å².